The molecular weight excluding hydrogens is 302 g/mol. The molecule has 2 N–H and O–H groups in total. The highest BCUT2D eigenvalue weighted by atomic mass is 16.4. The van der Waals surface area contributed by atoms with E-state index in [-0.39, 0.29) is 12.5 Å². The number of aliphatic carboxylic acids is 1. The van der Waals surface area contributed by atoms with Gasteiger partial charge >= 0.3 is 5.97 Å². The molecule has 0 radical (unpaired) electrons. The molecule has 1 aromatic heterocycles. The van der Waals surface area contributed by atoms with Crippen molar-refractivity contribution in [1.29, 1.82) is 0 Å². The lowest BCUT2D eigenvalue weighted by Gasteiger charge is -2.40. The van der Waals surface area contributed by atoms with Crippen molar-refractivity contribution in [3.8, 4) is 0 Å². The van der Waals surface area contributed by atoms with Crippen molar-refractivity contribution in [3.63, 3.8) is 0 Å². The standard InChI is InChI=1S/C19H25N3O2/c1-14(5-4-8-19(23)24)22-12-11-20-13-18(22)17-10-9-15-6-2-3-7-16(15)21-17/h2-3,6-7,9-10,14,18,20H,4-5,8,11-13H2,1H3,(H,23,24). The summed E-state index contributed by atoms with van der Waals surface area (Å²) < 4.78 is 0. The van der Waals surface area contributed by atoms with Gasteiger partial charge in [-0.3, -0.25) is 14.7 Å². The van der Waals surface area contributed by atoms with E-state index in [9.17, 15) is 4.79 Å². The van der Waals surface area contributed by atoms with Crippen LogP contribution in [0.5, 0.6) is 0 Å². The largest absolute Gasteiger partial charge is 0.481 e. The summed E-state index contributed by atoms with van der Waals surface area (Å²) in [5, 5.41) is 13.5. The van der Waals surface area contributed by atoms with E-state index in [4.69, 9.17) is 10.1 Å². The maximum absolute atomic E-state index is 10.7. The minimum absolute atomic E-state index is 0.239. The van der Waals surface area contributed by atoms with E-state index in [0.717, 1.165) is 49.1 Å². The minimum Gasteiger partial charge on any atom is -0.481 e. The number of nitrogens with zero attached hydrogens (tertiary/aromatic N) is 2. The van der Waals surface area contributed by atoms with Crippen LogP contribution < -0.4 is 5.32 Å². The van der Waals surface area contributed by atoms with Crippen molar-refractivity contribution in [1.82, 2.24) is 15.2 Å². The van der Waals surface area contributed by atoms with E-state index in [2.05, 4.69) is 41.4 Å². The Labute approximate surface area is 142 Å². The molecule has 1 aliphatic rings. The van der Waals surface area contributed by atoms with Crippen LogP contribution in [-0.4, -0.2) is 46.6 Å². The number of rotatable bonds is 6. The Kier molecular flexibility index (Phi) is 5.43. The summed E-state index contributed by atoms with van der Waals surface area (Å²) in [5.74, 6) is -0.713. The van der Waals surface area contributed by atoms with Crippen LogP contribution in [0.25, 0.3) is 10.9 Å². The number of aromatic nitrogens is 1. The van der Waals surface area contributed by atoms with Crippen LogP contribution in [0, 0.1) is 0 Å². The van der Waals surface area contributed by atoms with Gasteiger partial charge in [0, 0.05) is 37.5 Å². The lowest BCUT2D eigenvalue weighted by molar-refractivity contribution is -0.137. The molecule has 1 aliphatic heterocycles. The Morgan fingerprint density at radius 1 is 1.38 bits per heavy atom. The van der Waals surface area contributed by atoms with Crippen molar-refractivity contribution < 1.29 is 9.90 Å². The first kappa shape index (κ1) is 16.9. The molecule has 0 amide bonds. The Morgan fingerprint density at radius 3 is 3.04 bits per heavy atom. The summed E-state index contributed by atoms with van der Waals surface area (Å²) in [6, 6.07) is 13.0. The molecule has 128 valence electrons. The van der Waals surface area contributed by atoms with E-state index in [1.807, 2.05) is 12.1 Å². The van der Waals surface area contributed by atoms with Crippen molar-refractivity contribution in [3.05, 3.63) is 42.1 Å². The average Bonchev–Trinajstić information content (AvgIpc) is 2.61. The summed E-state index contributed by atoms with van der Waals surface area (Å²) in [4.78, 5) is 18.1. The summed E-state index contributed by atoms with van der Waals surface area (Å²) in [6.45, 7) is 5.01. The number of fused-ring (bicyclic) bond motifs is 1. The molecule has 0 bridgehead atoms. The van der Waals surface area contributed by atoms with Crippen LogP contribution in [0.1, 0.15) is 37.9 Å². The zero-order chi connectivity index (χ0) is 16.9. The van der Waals surface area contributed by atoms with Gasteiger partial charge in [0.05, 0.1) is 17.3 Å². The normalized spacial score (nSPS) is 20.1. The minimum atomic E-state index is -0.713. The van der Waals surface area contributed by atoms with Crippen LogP contribution in [-0.2, 0) is 4.79 Å². The molecule has 0 spiro atoms. The maximum Gasteiger partial charge on any atom is 0.303 e. The first-order valence-electron chi connectivity index (χ1n) is 8.69. The number of pyridine rings is 1. The number of carboxylic acid groups (broad SMARTS) is 1. The molecule has 24 heavy (non-hydrogen) atoms. The van der Waals surface area contributed by atoms with Gasteiger partial charge in [0.1, 0.15) is 0 Å². The molecule has 5 heteroatoms. The van der Waals surface area contributed by atoms with E-state index in [1.165, 1.54) is 0 Å². The third-order valence-electron chi connectivity index (χ3n) is 4.82. The van der Waals surface area contributed by atoms with Gasteiger partial charge in [0.15, 0.2) is 0 Å². The van der Waals surface area contributed by atoms with Crippen LogP contribution >= 0.6 is 0 Å². The molecule has 5 nitrogen and oxygen atoms in total. The predicted octanol–water partition coefficient (Wildman–Crippen LogP) is 2.82. The quantitative estimate of drug-likeness (QED) is 0.854. The van der Waals surface area contributed by atoms with E-state index >= 15 is 0 Å². The number of piperazine rings is 1. The van der Waals surface area contributed by atoms with Crippen molar-refractivity contribution in [2.24, 2.45) is 0 Å². The highest BCUT2D eigenvalue weighted by Crippen LogP contribution is 2.26. The highest BCUT2D eigenvalue weighted by molar-refractivity contribution is 5.78. The van der Waals surface area contributed by atoms with Crippen LogP contribution in [0.15, 0.2) is 36.4 Å². The summed E-state index contributed by atoms with van der Waals surface area (Å²) in [5.41, 5.74) is 2.12. The molecule has 2 atom stereocenters. The number of nitrogens with one attached hydrogen (secondary N) is 1. The van der Waals surface area contributed by atoms with Crippen molar-refractivity contribution in [2.75, 3.05) is 19.6 Å². The van der Waals surface area contributed by atoms with Gasteiger partial charge in [-0.1, -0.05) is 24.3 Å². The number of hydrogen-bond donors (Lipinski definition) is 2. The van der Waals surface area contributed by atoms with Gasteiger partial charge in [-0.25, -0.2) is 0 Å². The number of benzene rings is 1. The number of carbonyl (C=O) groups is 1. The fraction of sp³-hybridized carbons (Fsp3) is 0.474. The number of carboxylic acids is 1. The van der Waals surface area contributed by atoms with Crippen LogP contribution in [0.3, 0.4) is 0 Å². The molecule has 1 aromatic carbocycles. The maximum atomic E-state index is 10.7. The molecule has 2 heterocycles. The first-order chi connectivity index (χ1) is 11.6. The molecule has 1 fully saturated rings. The van der Waals surface area contributed by atoms with Gasteiger partial charge in [-0.2, -0.15) is 0 Å². The van der Waals surface area contributed by atoms with Crippen LogP contribution in [0.2, 0.25) is 0 Å². The molecule has 1 saturated heterocycles. The zero-order valence-electron chi connectivity index (χ0n) is 14.1. The fourth-order valence-electron chi connectivity index (χ4n) is 3.50. The molecule has 3 rings (SSSR count). The van der Waals surface area contributed by atoms with Gasteiger partial charge < -0.3 is 10.4 Å². The topological polar surface area (TPSA) is 65.5 Å². The van der Waals surface area contributed by atoms with Gasteiger partial charge in [-0.15, -0.1) is 0 Å². The second-order valence-electron chi connectivity index (χ2n) is 6.52. The second-order valence-corrected chi connectivity index (χ2v) is 6.52. The van der Waals surface area contributed by atoms with Gasteiger partial charge in [0.2, 0.25) is 0 Å². The van der Waals surface area contributed by atoms with Crippen molar-refractivity contribution in [2.45, 2.75) is 38.3 Å². The molecule has 0 aliphatic carbocycles. The number of hydrogen-bond acceptors (Lipinski definition) is 4. The zero-order valence-corrected chi connectivity index (χ0v) is 14.1. The summed E-state index contributed by atoms with van der Waals surface area (Å²) in [6.07, 6.45) is 1.87. The summed E-state index contributed by atoms with van der Waals surface area (Å²) >= 11 is 0. The Bertz CT molecular complexity index is 704. The smallest absolute Gasteiger partial charge is 0.303 e. The lowest BCUT2D eigenvalue weighted by atomic mass is 10.0. The van der Waals surface area contributed by atoms with Gasteiger partial charge in [0.25, 0.3) is 0 Å². The van der Waals surface area contributed by atoms with Gasteiger partial charge in [-0.05, 0) is 31.9 Å². The Hall–Kier alpha value is -1.98. The second kappa shape index (κ2) is 7.73. The van der Waals surface area contributed by atoms with Crippen molar-refractivity contribution >= 4 is 16.9 Å². The molecule has 0 saturated carbocycles. The highest BCUT2D eigenvalue weighted by Gasteiger charge is 2.28. The van der Waals surface area contributed by atoms with E-state index < -0.39 is 5.97 Å². The lowest BCUT2D eigenvalue weighted by Crippen LogP contribution is -2.49. The Balaban J connectivity index is 1.76. The average molecular weight is 327 g/mol. The first-order valence-corrected chi connectivity index (χ1v) is 8.69. The fourth-order valence-corrected chi connectivity index (χ4v) is 3.50. The molecular formula is C19H25N3O2. The van der Waals surface area contributed by atoms with E-state index in [1.54, 1.807) is 0 Å². The molecule has 2 unspecified atom stereocenters. The molecule has 2 aromatic rings. The third-order valence-corrected chi connectivity index (χ3v) is 4.82. The summed E-state index contributed by atoms with van der Waals surface area (Å²) in [7, 11) is 0. The Morgan fingerprint density at radius 2 is 2.21 bits per heavy atom. The predicted molar refractivity (Wildman–Crippen MR) is 95.0 cm³/mol. The SMILES string of the molecule is CC(CCCC(=O)O)N1CCNCC1c1ccc2ccccc2n1. The van der Waals surface area contributed by atoms with E-state index in [0.29, 0.717) is 6.04 Å². The third kappa shape index (κ3) is 3.91. The number of para-hydroxylation sites is 1. The monoisotopic (exact) mass is 327 g/mol. The van der Waals surface area contributed by atoms with Crippen LogP contribution in [0.4, 0.5) is 0 Å².